The Morgan fingerprint density at radius 3 is 2.45 bits per heavy atom. The van der Waals surface area contributed by atoms with Crippen molar-refractivity contribution in [2.24, 2.45) is 0 Å². The predicted molar refractivity (Wildman–Crippen MR) is 70.3 cm³/mol. The van der Waals surface area contributed by atoms with Gasteiger partial charge in [0.05, 0.1) is 5.69 Å². The summed E-state index contributed by atoms with van der Waals surface area (Å²) in [5.41, 5.74) is 0.673. The molecule has 2 rings (SSSR count). The number of hydrogen-bond acceptors (Lipinski definition) is 2. The average Bonchev–Trinajstić information content (AvgIpc) is 2.41. The maximum Gasteiger partial charge on any atom is 0.319 e. The molecule has 0 spiro atoms. The lowest BCUT2D eigenvalue weighted by Crippen LogP contribution is -2.28. The Balaban J connectivity index is 1.90. The molecule has 2 aromatic carbocycles. The van der Waals surface area contributed by atoms with E-state index in [-0.39, 0.29) is 18.0 Å². The number of halogens is 2. The van der Waals surface area contributed by atoms with Crippen LogP contribution in [-0.4, -0.2) is 11.1 Å². The fourth-order valence-electron chi connectivity index (χ4n) is 1.55. The minimum absolute atomic E-state index is 0.102. The molecule has 0 atom stereocenters. The van der Waals surface area contributed by atoms with Crippen molar-refractivity contribution in [3.05, 3.63) is 59.7 Å². The highest BCUT2D eigenvalue weighted by Gasteiger charge is 2.07. The highest BCUT2D eigenvalue weighted by Crippen LogP contribution is 2.14. The summed E-state index contributed by atoms with van der Waals surface area (Å²) in [5, 5.41) is 13.9. The number of aromatic hydroxyl groups is 1. The van der Waals surface area contributed by atoms with Gasteiger partial charge in [-0.05, 0) is 29.8 Å². The van der Waals surface area contributed by atoms with Crippen molar-refractivity contribution < 1.29 is 18.7 Å². The number of rotatable bonds is 3. The zero-order valence-corrected chi connectivity index (χ0v) is 10.4. The molecule has 3 N–H and O–H groups in total. The topological polar surface area (TPSA) is 61.4 Å². The van der Waals surface area contributed by atoms with Gasteiger partial charge in [0, 0.05) is 12.6 Å². The number of phenolic OH excluding ortho intramolecular Hbond substituents is 1. The fraction of sp³-hybridized carbons (Fsp3) is 0.0714. The van der Waals surface area contributed by atoms with E-state index in [1.165, 1.54) is 12.1 Å². The third-order valence-corrected chi connectivity index (χ3v) is 2.57. The highest BCUT2D eigenvalue weighted by atomic mass is 19.1. The lowest BCUT2D eigenvalue weighted by Gasteiger charge is -2.08. The minimum Gasteiger partial charge on any atom is -0.508 e. The van der Waals surface area contributed by atoms with Crippen molar-refractivity contribution in [3.8, 4) is 5.75 Å². The zero-order valence-electron chi connectivity index (χ0n) is 10.4. The third-order valence-electron chi connectivity index (χ3n) is 2.57. The van der Waals surface area contributed by atoms with Gasteiger partial charge in [0.2, 0.25) is 0 Å². The molecule has 6 heteroatoms. The van der Waals surface area contributed by atoms with E-state index in [4.69, 9.17) is 5.11 Å². The Hall–Kier alpha value is -2.63. The Labute approximate surface area is 114 Å². The van der Waals surface area contributed by atoms with Crippen LogP contribution in [0.25, 0.3) is 0 Å². The van der Waals surface area contributed by atoms with Gasteiger partial charge in [-0.1, -0.05) is 12.1 Å². The summed E-state index contributed by atoms with van der Waals surface area (Å²) < 4.78 is 26.0. The summed E-state index contributed by atoms with van der Waals surface area (Å²) in [7, 11) is 0. The Morgan fingerprint density at radius 1 is 1.10 bits per heavy atom. The highest BCUT2D eigenvalue weighted by molar-refractivity contribution is 5.89. The van der Waals surface area contributed by atoms with Gasteiger partial charge < -0.3 is 15.7 Å². The van der Waals surface area contributed by atoms with E-state index < -0.39 is 17.7 Å². The SMILES string of the molecule is O=C(NCc1ccc(O)cc1)Nc1ccc(F)cc1F. The standard InChI is InChI=1S/C14H12F2N2O2/c15-10-3-6-13(12(16)7-10)18-14(20)17-8-9-1-4-11(19)5-2-9/h1-7,19H,8H2,(H2,17,18,20). The molecule has 0 bridgehead atoms. The van der Waals surface area contributed by atoms with E-state index in [9.17, 15) is 13.6 Å². The van der Waals surface area contributed by atoms with Crippen LogP contribution in [-0.2, 0) is 6.54 Å². The van der Waals surface area contributed by atoms with E-state index in [1.54, 1.807) is 12.1 Å². The van der Waals surface area contributed by atoms with Crippen LogP contribution in [0.5, 0.6) is 5.75 Å². The van der Waals surface area contributed by atoms with Crippen LogP contribution >= 0.6 is 0 Å². The molecule has 0 aromatic heterocycles. The van der Waals surface area contributed by atoms with Crippen molar-refractivity contribution in [1.82, 2.24) is 5.32 Å². The van der Waals surface area contributed by atoms with Gasteiger partial charge in [-0.25, -0.2) is 13.6 Å². The fourth-order valence-corrected chi connectivity index (χ4v) is 1.55. The van der Waals surface area contributed by atoms with Crippen molar-refractivity contribution in [2.75, 3.05) is 5.32 Å². The molecule has 0 heterocycles. The molecule has 2 amide bonds. The van der Waals surface area contributed by atoms with E-state index in [0.717, 1.165) is 17.7 Å². The summed E-state index contributed by atoms with van der Waals surface area (Å²) in [6.07, 6.45) is 0. The lowest BCUT2D eigenvalue weighted by molar-refractivity contribution is 0.251. The van der Waals surface area contributed by atoms with Gasteiger partial charge in [-0.3, -0.25) is 0 Å². The van der Waals surface area contributed by atoms with Crippen molar-refractivity contribution in [1.29, 1.82) is 0 Å². The largest absolute Gasteiger partial charge is 0.508 e. The Kier molecular flexibility index (Phi) is 4.14. The molecule has 0 aliphatic carbocycles. The van der Waals surface area contributed by atoms with E-state index in [1.807, 2.05) is 0 Å². The second-order valence-electron chi connectivity index (χ2n) is 4.10. The second kappa shape index (κ2) is 6.01. The van der Waals surface area contributed by atoms with Crippen LogP contribution in [0.2, 0.25) is 0 Å². The molecule has 20 heavy (non-hydrogen) atoms. The van der Waals surface area contributed by atoms with Gasteiger partial charge in [0.1, 0.15) is 17.4 Å². The van der Waals surface area contributed by atoms with Gasteiger partial charge in [-0.2, -0.15) is 0 Å². The Bertz CT molecular complexity index is 615. The first-order valence-electron chi connectivity index (χ1n) is 5.82. The number of hydrogen-bond donors (Lipinski definition) is 3. The number of anilines is 1. The van der Waals surface area contributed by atoms with Crippen LogP contribution in [0.3, 0.4) is 0 Å². The smallest absolute Gasteiger partial charge is 0.319 e. The monoisotopic (exact) mass is 278 g/mol. The summed E-state index contributed by atoms with van der Waals surface area (Å²) in [5.74, 6) is -1.42. The number of carbonyl (C=O) groups excluding carboxylic acids is 1. The third kappa shape index (κ3) is 3.68. The Morgan fingerprint density at radius 2 is 1.80 bits per heavy atom. The van der Waals surface area contributed by atoms with Gasteiger partial charge in [0.15, 0.2) is 0 Å². The van der Waals surface area contributed by atoms with Crippen LogP contribution in [0.15, 0.2) is 42.5 Å². The molecule has 0 aliphatic heterocycles. The van der Waals surface area contributed by atoms with Crippen molar-refractivity contribution in [3.63, 3.8) is 0 Å². The van der Waals surface area contributed by atoms with E-state index >= 15 is 0 Å². The zero-order chi connectivity index (χ0) is 14.5. The van der Waals surface area contributed by atoms with Crippen LogP contribution < -0.4 is 10.6 Å². The average molecular weight is 278 g/mol. The minimum atomic E-state index is -0.843. The molecular formula is C14H12F2N2O2. The summed E-state index contributed by atoms with van der Waals surface area (Å²) in [6, 6.07) is 8.56. The number of nitrogens with one attached hydrogen (secondary N) is 2. The number of carbonyl (C=O) groups is 1. The molecule has 0 fully saturated rings. The second-order valence-corrected chi connectivity index (χ2v) is 4.10. The first kappa shape index (κ1) is 13.8. The number of phenols is 1. The maximum atomic E-state index is 13.3. The summed E-state index contributed by atoms with van der Waals surface area (Å²) >= 11 is 0. The van der Waals surface area contributed by atoms with Crippen molar-refractivity contribution >= 4 is 11.7 Å². The molecule has 104 valence electrons. The molecule has 0 unspecified atom stereocenters. The molecule has 2 aromatic rings. The van der Waals surface area contributed by atoms with Gasteiger partial charge in [0.25, 0.3) is 0 Å². The molecule has 0 saturated carbocycles. The van der Waals surface area contributed by atoms with Gasteiger partial charge >= 0.3 is 6.03 Å². The molecule has 0 saturated heterocycles. The maximum absolute atomic E-state index is 13.3. The van der Waals surface area contributed by atoms with Crippen LogP contribution in [0.1, 0.15) is 5.56 Å². The first-order chi connectivity index (χ1) is 9.54. The normalized spacial score (nSPS) is 10.1. The van der Waals surface area contributed by atoms with Crippen LogP contribution in [0, 0.1) is 11.6 Å². The number of benzene rings is 2. The molecular weight excluding hydrogens is 266 g/mol. The van der Waals surface area contributed by atoms with E-state index in [2.05, 4.69) is 10.6 Å². The number of amides is 2. The predicted octanol–water partition coefficient (Wildman–Crippen LogP) is 2.99. The van der Waals surface area contributed by atoms with Crippen LogP contribution in [0.4, 0.5) is 19.3 Å². The van der Waals surface area contributed by atoms with E-state index in [0.29, 0.717) is 6.07 Å². The van der Waals surface area contributed by atoms with Gasteiger partial charge in [-0.15, -0.1) is 0 Å². The first-order valence-corrected chi connectivity index (χ1v) is 5.82. The summed E-state index contributed by atoms with van der Waals surface area (Å²) in [6.45, 7) is 0.217. The lowest BCUT2D eigenvalue weighted by atomic mass is 10.2. The molecule has 0 radical (unpaired) electrons. The molecule has 0 aliphatic rings. The quantitative estimate of drug-likeness (QED) is 0.808. The molecule has 4 nitrogen and oxygen atoms in total. The number of urea groups is 1. The summed E-state index contributed by atoms with van der Waals surface area (Å²) in [4.78, 5) is 11.6. The van der Waals surface area contributed by atoms with Crippen molar-refractivity contribution in [2.45, 2.75) is 6.54 Å².